The van der Waals surface area contributed by atoms with Crippen molar-refractivity contribution in [2.75, 3.05) is 6.54 Å². The lowest BCUT2D eigenvalue weighted by molar-refractivity contribution is 0.444. The molecule has 0 aliphatic heterocycles. The predicted octanol–water partition coefficient (Wildman–Crippen LogP) is 7.41. The van der Waals surface area contributed by atoms with E-state index >= 15 is 0 Å². The Morgan fingerprint density at radius 1 is 0.652 bits per heavy atom. The van der Waals surface area contributed by atoms with Crippen LogP contribution < -0.4 is 5.32 Å². The molecular weight excluding hydrogens is 278 g/mol. The summed E-state index contributed by atoms with van der Waals surface area (Å²) < 4.78 is 0. The van der Waals surface area contributed by atoms with E-state index in [-0.39, 0.29) is 0 Å². The molecule has 0 amide bonds. The lowest BCUT2D eigenvalue weighted by atomic mass is 10.0. The van der Waals surface area contributed by atoms with Crippen LogP contribution in [-0.2, 0) is 0 Å². The fourth-order valence-electron chi connectivity index (χ4n) is 3.08. The Labute approximate surface area is 147 Å². The Kier molecular flexibility index (Phi) is 19.5. The van der Waals surface area contributed by atoms with Gasteiger partial charge in [-0.3, -0.25) is 0 Å². The fourth-order valence-corrected chi connectivity index (χ4v) is 3.08. The van der Waals surface area contributed by atoms with Crippen molar-refractivity contribution in [3.63, 3.8) is 0 Å². The molecule has 0 saturated carbocycles. The van der Waals surface area contributed by atoms with Gasteiger partial charge in [-0.1, -0.05) is 84.3 Å². The second kappa shape index (κ2) is 19.7. The van der Waals surface area contributed by atoms with Crippen molar-refractivity contribution in [1.29, 1.82) is 0 Å². The summed E-state index contributed by atoms with van der Waals surface area (Å²) in [6, 6.07) is 0.757. The van der Waals surface area contributed by atoms with Crippen LogP contribution in [0.15, 0.2) is 12.2 Å². The second-order valence-corrected chi connectivity index (χ2v) is 7.08. The van der Waals surface area contributed by atoms with Gasteiger partial charge >= 0.3 is 0 Å². The number of nitrogens with one attached hydrogen (secondary N) is 1. The van der Waals surface area contributed by atoms with Gasteiger partial charge < -0.3 is 5.32 Å². The molecule has 0 radical (unpaired) electrons. The first-order valence-corrected chi connectivity index (χ1v) is 10.7. The van der Waals surface area contributed by atoms with Crippen molar-refractivity contribution in [3.8, 4) is 0 Å². The molecule has 1 nitrogen and oxygen atoms in total. The number of hydrogen-bond acceptors (Lipinski definition) is 1. The molecule has 0 aromatic rings. The molecule has 23 heavy (non-hydrogen) atoms. The van der Waals surface area contributed by atoms with E-state index in [1.807, 2.05) is 0 Å². The third-order valence-corrected chi connectivity index (χ3v) is 4.74. The largest absolute Gasteiger partial charge is 0.314 e. The van der Waals surface area contributed by atoms with E-state index < -0.39 is 0 Å². The molecule has 0 fully saturated rings. The summed E-state index contributed by atoms with van der Waals surface area (Å²) in [5, 5.41) is 3.65. The molecule has 0 rings (SSSR count). The highest BCUT2D eigenvalue weighted by molar-refractivity contribution is 4.81. The molecule has 0 aromatic carbocycles. The molecule has 0 aromatic heterocycles. The zero-order valence-electron chi connectivity index (χ0n) is 16.5. The quantitative estimate of drug-likeness (QED) is 0.204. The minimum atomic E-state index is 0.757. The molecular formula is C22H45N. The lowest BCUT2D eigenvalue weighted by Crippen LogP contribution is -2.28. The molecule has 1 unspecified atom stereocenters. The van der Waals surface area contributed by atoms with Crippen molar-refractivity contribution in [3.05, 3.63) is 12.2 Å². The highest BCUT2D eigenvalue weighted by Crippen LogP contribution is 2.11. The number of hydrogen-bond donors (Lipinski definition) is 1. The van der Waals surface area contributed by atoms with E-state index in [4.69, 9.17) is 0 Å². The van der Waals surface area contributed by atoms with Crippen LogP contribution in [-0.4, -0.2) is 12.6 Å². The van der Waals surface area contributed by atoms with Gasteiger partial charge in [0.25, 0.3) is 0 Å². The third kappa shape index (κ3) is 17.9. The maximum Gasteiger partial charge on any atom is 0.00644 e. The summed E-state index contributed by atoms with van der Waals surface area (Å²) in [7, 11) is 0. The molecule has 1 heteroatoms. The van der Waals surface area contributed by atoms with Crippen LogP contribution in [0.25, 0.3) is 0 Å². The van der Waals surface area contributed by atoms with Crippen molar-refractivity contribution in [2.45, 2.75) is 123 Å². The van der Waals surface area contributed by atoms with Gasteiger partial charge in [0.2, 0.25) is 0 Å². The normalized spacial score (nSPS) is 13.0. The summed E-state index contributed by atoms with van der Waals surface area (Å²) in [6.07, 6.45) is 25.4. The van der Waals surface area contributed by atoms with Crippen molar-refractivity contribution in [1.82, 2.24) is 5.32 Å². The van der Waals surface area contributed by atoms with Crippen LogP contribution >= 0.6 is 0 Å². The number of rotatable bonds is 18. The average Bonchev–Trinajstić information content (AvgIpc) is 2.57. The predicted molar refractivity (Wildman–Crippen MR) is 107 cm³/mol. The van der Waals surface area contributed by atoms with Gasteiger partial charge in [-0.15, -0.1) is 0 Å². The SMILES string of the molecule is CCCCCCCCC=CCCCCCCC(CC)NCCC. The van der Waals surface area contributed by atoms with E-state index in [1.165, 1.54) is 103 Å². The molecule has 0 aliphatic carbocycles. The topological polar surface area (TPSA) is 12.0 Å². The van der Waals surface area contributed by atoms with Crippen molar-refractivity contribution >= 4 is 0 Å². The Bertz CT molecular complexity index is 234. The van der Waals surface area contributed by atoms with E-state index in [0.717, 1.165) is 6.04 Å². The highest BCUT2D eigenvalue weighted by atomic mass is 14.9. The third-order valence-electron chi connectivity index (χ3n) is 4.74. The van der Waals surface area contributed by atoms with Crippen molar-refractivity contribution in [2.24, 2.45) is 0 Å². The first kappa shape index (κ1) is 22.7. The van der Waals surface area contributed by atoms with Gasteiger partial charge in [0.1, 0.15) is 0 Å². The first-order valence-electron chi connectivity index (χ1n) is 10.7. The molecule has 0 heterocycles. The molecule has 0 bridgehead atoms. The van der Waals surface area contributed by atoms with Crippen LogP contribution in [0.4, 0.5) is 0 Å². The highest BCUT2D eigenvalue weighted by Gasteiger charge is 2.03. The van der Waals surface area contributed by atoms with E-state index in [2.05, 4.69) is 38.2 Å². The Balaban J connectivity index is 3.24. The van der Waals surface area contributed by atoms with Gasteiger partial charge in [0.15, 0.2) is 0 Å². The molecule has 0 saturated heterocycles. The molecule has 0 aliphatic rings. The van der Waals surface area contributed by atoms with Crippen molar-refractivity contribution < 1.29 is 0 Å². The van der Waals surface area contributed by atoms with Gasteiger partial charge in [0, 0.05) is 6.04 Å². The second-order valence-electron chi connectivity index (χ2n) is 7.08. The van der Waals surface area contributed by atoms with Gasteiger partial charge in [-0.05, 0) is 51.5 Å². The molecule has 0 spiro atoms. The number of allylic oxidation sites excluding steroid dienone is 2. The lowest BCUT2D eigenvalue weighted by Gasteiger charge is -2.16. The molecule has 1 atom stereocenters. The Morgan fingerprint density at radius 3 is 1.78 bits per heavy atom. The van der Waals surface area contributed by atoms with E-state index in [9.17, 15) is 0 Å². The smallest absolute Gasteiger partial charge is 0.00644 e. The van der Waals surface area contributed by atoms with Crippen LogP contribution in [0, 0.1) is 0 Å². The summed E-state index contributed by atoms with van der Waals surface area (Å²) in [5.74, 6) is 0. The fraction of sp³-hybridized carbons (Fsp3) is 0.909. The molecule has 138 valence electrons. The average molecular weight is 324 g/mol. The summed E-state index contributed by atoms with van der Waals surface area (Å²) in [5.41, 5.74) is 0. The number of unbranched alkanes of at least 4 members (excludes halogenated alkanes) is 10. The van der Waals surface area contributed by atoms with Crippen LogP contribution in [0.5, 0.6) is 0 Å². The Hall–Kier alpha value is -0.300. The maximum atomic E-state index is 3.65. The molecule has 1 N–H and O–H groups in total. The maximum absolute atomic E-state index is 3.65. The van der Waals surface area contributed by atoms with Crippen LogP contribution in [0.3, 0.4) is 0 Å². The van der Waals surface area contributed by atoms with Gasteiger partial charge in [0.05, 0.1) is 0 Å². The first-order chi connectivity index (χ1) is 11.3. The van der Waals surface area contributed by atoms with E-state index in [0.29, 0.717) is 0 Å². The summed E-state index contributed by atoms with van der Waals surface area (Å²) in [4.78, 5) is 0. The minimum absolute atomic E-state index is 0.757. The Morgan fingerprint density at radius 2 is 1.22 bits per heavy atom. The monoisotopic (exact) mass is 323 g/mol. The zero-order valence-corrected chi connectivity index (χ0v) is 16.5. The zero-order chi connectivity index (χ0) is 17.0. The van der Waals surface area contributed by atoms with E-state index in [1.54, 1.807) is 0 Å². The standard InChI is InChI=1S/C22H45N/c1-4-7-8-9-10-11-12-13-14-15-16-17-18-19-20-22(6-3)23-21-5-2/h13-14,22-23H,4-12,15-21H2,1-3H3. The van der Waals surface area contributed by atoms with Gasteiger partial charge in [-0.2, -0.15) is 0 Å². The van der Waals surface area contributed by atoms with Crippen LogP contribution in [0.2, 0.25) is 0 Å². The minimum Gasteiger partial charge on any atom is -0.314 e. The summed E-state index contributed by atoms with van der Waals surface area (Å²) >= 11 is 0. The van der Waals surface area contributed by atoms with Crippen LogP contribution in [0.1, 0.15) is 117 Å². The van der Waals surface area contributed by atoms with Gasteiger partial charge in [-0.25, -0.2) is 0 Å². The summed E-state index contributed by atoms with van der Waals surface area (Å²) in [6.45, 7) is 8.03.